The van der Waals surface area contributed by atoms with Gasteiger partial charge in [0.25, 0.3) is 0 Å². The fraction of sp³-hybridized carbons (Fsp3) is 0.273. The molecule has 0 atom stereocenters. The largest absolute Gasteiger partial charge is 0.435 e. The molecule has 0 saturated heterocycles. The minimum atomic E-state index is -2.86. The van der Waals surface area contributed by atoms with Gasteiger partial charge >= 0.3 is 12.6 Å². The molecule has 2 amide bonds. The van der Waals surface area contributed by atoms with Crippen molar-refractivity contribution < 1.29 is 18.3 Å². The zero-order valence-corrected chi connectivity index (χ0v) is 17.1. The van der Waals surface area contributed by atoms with Crippen LogP contribution < -0.4 is 10.1 Å². The Kier molecular flexibility index (Phi) is 6.66. The summed E-state index contributed by atoms with van der Waals surface area (Å²) in [6, 6.07) is 15.6. The van der Waals surface area contributed by atoms with E-state index in [2.05, 4.69) is 15.2 Å². The number of benzene rings is 2. The summed E-state index contributed by atoms with van der Waals surface area (Å²) in [4.78, 5) is 14.0. The normalized spacial score (nSPS) is 10.9. The van der Waals surface area contributed by atoms with Gasteiger partial charge in [-0.1, -0.05) is 24.3 Å². The van der Waals surface area contributed by atoms with Gasteiger partial charge in [-0.25, -0.2) is 4.79 Å². The van der Waals surface area contributed by atoms with Crippen LogP contribution in [0.15, 0.2) is 54.6 Å². The number of anilines is 1. The number of alkyl halides is 2. The number of carbonyl (C=O) groups is 1. The average molecular weight is 414 g/mol. The molecule has 1 heterocycles. The van der Waals surface area contributed by atoms with E-state index in [1.807, 2.05) is 48.9 Å². The maximum absolute atomic E-state index is 12.5. The third-order valence-electron chi connectivity index (χ3n) is 4.53. The van der Waals surface area contributed by atoms with E-state index in [4.69, 9.17) is 0 Å². The Morgan fingerprint density at radius 3 is 2.50 bits per heavy atom. The van der Waals surface area contributed by atoms with Gasteiger partial charge in [-0.15, -0.1) is 0 Å². The number of urea groups is 1. The summed E-state index contributed by atoms with van der Waals surface area (Å²) in [7, 11) is 1.67. The average Bonchev–Trinajstić information content (AvgIpc) is 3.00. The van der Waals surface area contributed by atoms with Crippen LogP contribution >= 0.6 is 0 Å². The molecule has 0 aliphatic heterocycles. The Labute approximate surface area is 174 Å². The SMILES string of the molecule is Cc1cc(C)n(Cc2cccc(NC(=O)N(C)Cc3ccc(OC(F)F)cc3)c2)n1. The maximum Gasteiger partial charge on any atom is 0.387 e. The highest BCUT2D eigenvalue weighted by molar-refractivity contribution is 5.89. The number of halogens is 2. The van der Waals surface area contributed by atoms with Crippen molar-refractivity contribution >= 4 is 11.7 Å². The van der Waals surface area contributed by atoms with E-state index in [9.17, 15) is 13.6 Å². The van der Waals surface area contributed by atoms with Gasteiger partial charge in [0, 0.05) is 25.0 Å². The summed E-state index contributed by atoms with van der Waals surface area (Å²) in [5.74, 6) is 0.0836. The van der Waals surface area contributed by atoms with Crippen LogP contribution in [0, 0.1) is 13.8 Å². The molecule has 0 aliphatic carbocycles. The third-order valence-corrected chi connectivity index (χ3v) is 4.53. The van der Waals surface area contributed by atoms with Gasteiger partial charge in [0.15, 0.2) is 0 Å². The first kappa shape index (κ1) is 21.3. The molecule has 0 bridgehead atoms. The van der Waals surface area contributed by atoms with Gasteiger partial charge in [-0.2, -0.15) is 13.9 Å². The fourth-order valence-corrected chi connectivity index (χ4v) is 3.10. The molecule has 8 heteroatoms. The maximum atomic E-state index is 12.5. The number of nitrogens with zero attached hydrogens (tertiary/aromatic N) is 3. The molecule has 1 N–H and O–H groups in total. The van der Waals surface area contributed by atoms with Crippen molar-refractivity contribution in [2.75, 3.05) is 12.4 Å². The predicted molar refractivity (Wildman–Crippen MR) is 111 cm³/mol. The number of hydrogen-bond acceptors (Lipinski definition) is 3. The molecule has 0 unspecified atom stereocenters. The fourth-order valence-electron chi connectivity index (χ4n) is 3.10. The van der Waals surface area contributed by atoms with E-state index < -0.39 is 6.61 Å². The first-order chi connectivity index (χ1) is 14.3. The summed E-state index contributed by atoms with van der Waals surface area (Å²) in [5, 5.41) is 7.34. The monoisotopic (exact) mass is 414 g/mol. The second-order valence-corrected chi connectivity index (χ2v) is 7.09. The Balaban J connectivity index is 1.59. The number of aromatic nitrogens is 2. The molecule has 0 aliphatic rings. The molecule has 6 nitrogen and oxygen atoms in total. The molecule has 0 fully saturated rings. The molecule has 1 aromatic heterocycles. The van der Waals surface area contributed by atoms with E-state index in [1.165, 1.54) is 17.0 Å². The van der Waals surface area contributed by atoms with Gasteiger partial charge in [0.2, 0.25) is 0 Å². The zero-order chi connectivity index (χ0) is 21.7. The lowest BCUT2D eigenvalue weighted by molar-refractivity contribution is -0.0498. The molecule has 3 aromatic rings. The lowest BCUT2D eigenvalue weighted by atomic mass is 10.2. The number of nitrogens with one attached hydrogen (secondary N) is 1. The van der Waals surface area contributed by atoms with Crippen LogP contribution in [0.4, 0.5) is 19.3 Å². The number of rotatable bonds is 7. The molecule has 0 radical (unpaired) electrons. The van der Waals surface area contributed by atoms with Crippen LogP contribution in [0.25, 0.3) is 0 Å². The van der Waals surface area contributed by atoms with Crippen LogP contribution in [0.5, 0.6) is 5.75 Å². The summed E-state index contributed by atoms with van der Waals surface area (Å²) >= 11 is 0. The van der Waals surface area contributed by atoms with Crippen LogP contribution in [0.3, 0.4) is 0 Å². The van der Waals surface area contributed by atoms with Crippen LogP contribution in [0.2, 0.25) is 0 Å². The van der Waals surface area contributed by atoms with Gasteiger partial charge in [-0.3, -0.25) is 4.68 Å². The lowest BCUT2D eigenvalue weighted by Gasteiger charge is -2.18. The third kappa shape index (κ3) is 5.79. The topological polar surface area (TPSA) is 59.4 Å². The first-order valence-electron chi connectivity index (χ1n) is 9.46. The second kappa shape index (κ2) is 9.39. The Morgan fingerprint density at radius 2 is 1.87 bits per heavy atom. The highest BCUT2D eigenvalue weighted by atomic mass is 19.3. The van der Waals surface area contributed by atoms with E-state index >= 15 is 0 Å². The molecule has 158 valence electrons. The summed E-state index contributed by atoms with van der Waals surface area (Å²) < 4.78 is 30.7. The van der Waals surface area contributed by atoms with Crippen molar-refractivity contribution in [3.63, 3.8) is 0 Å². The van der Waals surface area contributed by atoms with E-state index in [1.54, 1.807) is 19.2 Å². The minimum absolute atomic E-state index is 0.0836. The Morgan fingerprint density at radius 1 is 1.13 bits per heavy atom. The van der Waals surface area contributed by atoms with Gasteiger partial charge in [0.05, 0.1) is 12.2 Å². The van der Waals surface area contributed by atoms with Crippen LogP contribution in [-0.2, 0) is 13.1 Å². The zero-order valence-electron chi connectivity index (χ0n) is 17.1. The van der Waals surface area contributed by atoms with Gasteiger partial charge in [-0.05, 0) is 55.3 Å². The first-order valence-corrected chi connectivity index (χ1v) is 9.46. The van der Waals surface area contributed by atoms with Crippen molar-refractivity contribution in [1.82, 2.24) is 14.7 Å². The highest BCUT2D eigenvalue weighted by Crippen LogP contribution is 2.17. The number of amides is 2. The smallest absolute Gasteiger partial charge is 0.387 e. The molecular weight excluding hydrogens is 390 g/mol. The van der Waals surface area contributed by atoms with Crippen molar-refractivity contribution in [3.8, 4) is 5.75 Å². The molecular formula is C22H24F2N4O2. The van der Waals surface area contributed by atoms with Crippen molar-refractivity contribution in [3.05, 3.63) is 77.1 Å². The molecule has 30 heavy (non-hydrogen) atoms. The Bertz CT molecular complexity index is 1000. The van der Waals surface area contributed by atoms with E-state index in [0.717, 1.165) is 22.5 Å². The van der Waals surface area contributed by atoms with E-state index in [0.29, 0.717) is 18.8 Å². The molecule has 0 saturated carbocycles. The standard InChI is InChI=1S/C22H24F2N4O2/c1-15-11-16(2)28(26-15)14-18-5-4-6-19(12-18)25-22(29)27(3)13-17-7-9-20(10-8-17)30-21(23)24/h4-12,21H,13-14H2,1-3H3,(H,25,29). The number of aryl methyl sites for hydroxylation is 2. The molecule has 2 aromatic carbocycles. The molecule has 0 spiro atoms. The lowest BCUT2D eigenvalue weighted by Crippen LogP contribution is -2.30. The van der Waals surface area contributed by atoms with Gasteiger partial charge < -0.3 is 15.0 Å². The van der Waals surface area contributed by atoms with Crippen molar-refractivity contribution in [2.45, 2.75) is 33.5 Å². The molecule has 3 rings (SSSR count). The van der Waals surface area contributed by atoms with Crippen LogP contribution in [-0.4, -0.2) is 34.4 Å². The van der Waals surface area contributed by atoms with Gasteiger partial charge in [0.1, 0.15) is 5.75 Å². The predicted octanol–water partition coefficient (Wildman–Crippen LogP) is 4.81. The van der Waals surface area contributed by atoms with Crippen LogP contribution in [0.1, 0.15) is 22.5 Å². The number of hydrogen-bond donors (Lipinski definition) is 1. The number of ether oxygens (including phenoxy) is 1. The summed E-state index contributed by atoms with van der Waals surface area (Å²) in [5.41, 5.74) is 4.55. The summed E-state index contributed by atoms with van der Waals surface area (Å²) in [6.07, 6.45) is 0. The highest BCUT2D eigenvalue weighted by Gasteiger charge is 2.11. The Hall–Kier alpha value is -3.42. The van der Waals surface area contributed by atoms with Crippen molar-refractivity contribution in [2.24, 2.45) is 0 Å². The van der Waals surface area contributed by atoms with Crippen molar-refractivity contribution in [1.29, 1.82) is 0 Å². The van der Waals surface area contributed by atoms with E-state index in [-0.39, 0.29) is 11.8 Å². The summed E-state index contributed by atoms with van der Waals surface area (Å²) in [6.45, 7) is 2.04. The number of carbonyl (C=O) groups excluding carboxylic acids is 1. The second-order valence-electron chi connectivity index (χ2n) is 7.09. The minimum Gasteiger partial charge on any atom is -0.435 e. The quantitative estimate of drug-likeness (QED) is 0.603.